The van der Waals surface area contributed by atoms with E-state index in [-0.39, 0.29) is 4.90 Å². The van der Waals surface area contributed by atoms with Crippen molar-refractivity contribution in [3.8, 4) is 0 Å². The minimum absolute atomic E-state index is 0.125. The number of carbonyl (C=O) groups is 1. The van der Waals surface area contributed by atoms with Gasteiger partial charge < -0.3 is 5.11 Å². The largest absolute Gasteiger partial charge is 0.481 e. The molecule has 0 saturated carbocycles. The predicted molar refractivity (Wildman–Crippen MR) is 83.3 cm³/mol. The molecule has 1 fully saturated rings. The van der Waals surface area contributed by atoms with Gasteiger partial charge in [-0.1, -0.05) is 0 Å². The fourth-order valence-electron chi connectivity index (χ4n) is 2.89. The van der Waals surface area contributed by atoms with Crippen molar-refractivity contribution in [2.24, 2.45) is 5.92 Å². The molecule has 0 amide bonds. The molecule has 2 aromatic rings. The van der Waals surface area contributed by atoms with Crippen LogP contribution in [0.2, 0.25) is 0 Å². The molecule has 22 heavy (non-hydrogen) atoms. The summed E-state index contributed by atoms with van der Waals surface area (Å²) in [5.74, 6) is -1.61. The van der Waals surface area contributed by atoms with Gasteiger partial charge in [-0.15, -0.1) is 11.3 Å². The molecule has 3 rings (SSSR count). The Kier molecular flexibility index (Phi) is 3.92. The number of carboxylic acid groups (broad SMARTS) is 1. The van der Waals surface area contributed by atoms with Crippen LogP contribution in [-0.4, -0.2) is 41.4 Å². The van der Waals surface area contributed by atoms with E-state index in [1.807, 2.05) is 11.4 Å². The third-order valence-electron chi connectivity index (χ3n) is 4.13. The number of pyridine rings is 1. The van der Waals surface area contributed by atoms with Gasteiger partial charge in [-0.3, -0.25) is 9.78 Å². The second-order valence-electron chi connectivity index (χ2n) is 5.42. The molecule has 0 radical (unpaired) electrons. The molecule has 2 atom stereocenters. The van der Waals surface area contributed by atoms with E-state index in [1.54, 1.807) is 13.0 Å². The van der Waals surface area contributed by atoms with Crippen LogP contribution >= 0.6 is 11.3 Å². The van der Waals surface area contributed by atoms with Crippen LogP contribution in [0, 0.1) is 5.92 Å². The normalized spacial score (nSPS) is 23.7. The highest BCUT2D eigenvalue weighted by atomic mass is 32.2. The monoisotopic (exact) mass is 340 g/mol. The van der Waals surface area contributed by atoms with Gasteiger partial charge in [-0.2, -0.15) is 4.31 Å². The summed E-state index contributed by atoms with van der Waals surface area (Å²) < 4.78 is 27.8. The Hall–Kier alpha value is -1.51. The van der Waals surface area contributed by atoms with E-state index in [9.17, 15) is 18.3 Å². The summed E-state index contributed by atoms with van der Waals surface area (Å²) in [6.07, 6.45) is 2.40. The molecule has 0 unspecified atom stereocenters. The number of hydrogen-bond donors (Lipinski definition) is 1. The second kappa shape index (κ2) is 5.60. The van der Waals surface area contributed by atoms with Crippen LogP contribution in [-0.2, 0) is 14.8 Å². The number of piperidine rings is 1. The third-order valence-corrected chi connectivity index (χ3v) is 6.94. The molecular weight excluding hydrogens is 324 g/mol. The smallest absolute Gasteiger partial charge is 0.308 e. The Morgan fingerprint density at radius 3 is 3.00 bits per heavy atom. The van der Waals surface area contributed by atoms with Crippen LogP contribution in [0.4, 0.5) is 0 Å². The van der Waals surface area contributed by atoms with Crippen molar-refractivity contribution in [1.29, 1.82) is 0 Å². The quantitative estimate of drug-likeness (QED) is 0.925. The third kappa shape index (κ3) is 2.51. The summed E-state index contributed by atoms with van der Waals surface area (Å²) in [5, 5.41) is 11.1. The van der Waals surface area contributed by atoms with Gasteiger partial charge in [0.05, 0.1) is 16.1 Å². The highest BCUT2D eigenvalue weighted by Crippen LogP contribution is 2.30. The minimum Gasteiger partial charge on any atom is -0.481 e. The van der Waals surface area contributed by atoms with Gasteiger partial charge in [0, 0.05) is 18.8 Å². The SMILES string of the molecule is C[C@@H]1[C@H](C(=O)O)CCCN1S(=O)(=O)c1cnc2ccsc2c1. The van der Waals surface area contributed by atoms with Crippen LogP contribution in [0.25, 0.3) is 10.2 Å². The van der Waals surface area contributed by atoms with Crippen molar-refractivity contribution in [2.45, 2.75) is 30.7 Å². The van der Waals surface area contributed by atoms with Gasteiger partial charge >= 0.3 is 5.97 Å². The zero-order chi connectivity index (χ0) is 15.9. The van der Waals surface area contributed by atoms with Gasteiger partial charge in [0.25, 0.3) is 0 Å². The zero-order valence-electron chi connectivity index (χ0n) is 12.0. The van der Waals surface area contributed by atoms with Crippen LogP contribution < -0.4 is 0 Å². The Morgan fingerprint density at radius 2 is 2.27 bits per heavy atom. The van der Waals surface area contributed by atoms with Crippen LogP contribution in [0.5, 0.6) is 0 Å². The Labute approximate surface area is 132 Å². The number of aliphatic carboxylic acids is 1. The lowest BCUT2D eigenvalue weighted by Gasteiger charge is -2.36. The molecule has 0 aliphatic carbocycles. The molecule has 1 aliphatic heterocycles. The predicted octanol–water partition coefficient (Wildman–Crippen LogP) is 2.17. The van der Waals surface area contributed by atoms with E-state index in [2.05, 4.69) is 4.98 Å². The first-order chi connectivity index (χ1) is 10.4. The molecule has 1 aliphatic rings. The molecule has 3 heterocycles. The Balaban J connectivity index is 1.99. The molecule has 1 saturated heterocycles. The molecular formula is C14H16N2O4S2. The van der Waals surface area contributed by atoms with Crippen molar-refractivity contribution in [2.75, 3.05) is 6.54 Å². The number of aromatic nitrogens is 1. The summed E-state index contributed by atoms with van der Waals surface area (Å²) in [4.78, 5) is 15.6. The number of sulfonamides is 1. The number of fused-ring (bicyclic) bond motifs is 1. The van der Waals surface area contributed by atoms with Gasteiger partial charge in [-0.05, 0) is 37.3 Å². The summed E-state index contributed by atoms with van der Waals surface area (Å²) in [6.45, 7) is 2.00. The van der Waals surface area contributed by atoms with Crippen LogP contribution in [0.1, 0.15) is 19.8 Å². The summed E-state index contributed by atoms with van der Waals surface area (Å²) >= 11 is 1.43. The maximum absolute atomic E-state index is 12.8. The van der Waals surface area contributed by atoms with Crippen molar-refractivity contribution >= 4 is 37.5 Å². The van der Waals surface area contributed by atoms with E-state index in [4.69, 9.17) is 0 Å². The summed E-state index contributed by atoms with van der Waals surface area (Å²) in [6, 6.07) is 2.88. The zero-order valence-corrected chi connectivity index (χ0v) is 13.6. The summed E-state index contributed by atoms with van der Waals surface area (Å²) in [7, 11) is -3.73. The van der Waals surface area contributed by atoms with Crippen molar-refractivity contribution < 1.29 is 18.3 Å². The number of thiophene rings is 1. The lowest BCUT2D eigenvalue weighted by molar-refractivity contribution is -0.144. The molecule has 0 bridgehead atoms. The van der Waals surface area contributed by atoms with Gasteiger partial charge in [-0.25, -0.2) is 8.42 Å². The van der Waals surface area contributed by atoms with E-state index >= 15 is 0 Å². The standard InChI is InChI=1S/C14H16N2O4S2/c1-9-11(14(17)18)3-2-5-16(9)22(19,20)10-7-13-12(15-8-10)4-6-21-13/h4,6-9,11H,2-3,5H2,1H3,(H,17,18)/t9-,11-/m1/s1. The fraction of sp³-hybridized carbons (Fsp3) is 0.429. The fourth-order valence-corrected chi connectivity index (χ4v) is 5.42. The number of hydrogen-bond acceptors (Lipinski definition) is 5. The maximum atomic E-state index is 12.8. The lowest BCUT2D eigenvalue weighted by Crippen LogP contribution is -2.48. The highest BCUT2D eigenvalue weighted by molar-refractivity contribution is 7.89. The van der Waals surface area contributed by atoms with Gasteiger partial charge in [0.2, 0.25) is 10.0 Å². The van der Waals surface area contributed by atoms with Gasteiger partial charge in [0.1, 0.15) is 4.90 Å². The van der Waals surface area contributed by atoms with E-state index in [1.165, 1.54) is 21.8 Å². The molecule has 8 heteroatoms. The Morgan fingerprint density at radius 1 is 1.50 bits per heavy atom. The van der Waals surface area contributed by atoms with E-state index < -0.39 is 28.0 Å². The average molecular weight is 340 g/mol. The number of rotatable bonds is 3. The lowest BCUT2D eigenvalue weighted by atomic mass is 9.92. The van der Waals surface area contributed by atoms with E-state index in [0.29, 0.717) is 19.4 Å². The highest BCUT2D eigenvalue weighted by Gasteiger charge is 2.39. The molecule has 0 spiro atoms. The van der Waals surface area contributed by atoms with Crippen molar-refractivity contribution in [1.82, 2.24) is 9.29 Å². The summed E-state index contributed by atoms with van der Waals surface area (Å²) in [5.41, 5.74) is 0.763. The molecule has 1 N–H and O–H groups in total. The molecule has 6 nitrogen and oxygen atoms in total. The first kappa shape index (κ1) is 15.4. The van der Waals surface area contributed by atoms with Gasteiger partial charge in [0.15, 0.2) is 0 Å². The number of carboxylic acids is 1. The van der Waals surface area contributed by atoms with Crippen molar-refractivity contribution in [3.63, 3.8) is 0 Å². The number of nitrogens with zero attached hydrogens (tertiary/aromatic N) is 2. The minimum atomic E-state index is -3.73. The topological polar surface area (TPSA) is 87.6 Å². The van der Waals surface area contributed by atoms with Crippen LogP contribution in [0.15, 0.2) is 28.6 Å². The average Bonchev–Trinajstić information content (AvgIpc) is 2.94. The second-order valence-corrected chi connectivity index (χ2v) is 8.26. The molecule has 118 valence electrons. The molecule has 0 aromatic carbocycles. The maximum Gasteiger partial charge on any atom is 0.308 e. The first-order valence-corrected chi connectivity index (χ1v) is 9.31. The Bertz CT molecular complexity index is 815. The van der Waals surface area contributed by atoms with Crippen LogP contribution in [0.3, 0.4) is 0 Å². The first-order valence-electron chi connectivity index (χ1n) is 6.99. The van der Waals surface area contributed by atoms with E-state index in [0.717, 1.165) is 10.2 Å². The van der Waals surface area contributed by atoms with Crippen molar-refractivity contribution in [3.05, 3.63) is 23.7 Å². The molecule has 2 aromatic heterocycles.